The second-order valence-corrected chi connectivity index (χ2v) is 7.94. The number of nitrogens with zero attached hydrogens (tertiary/aromatic N) is 3. The van der Waals surface area contributed by atoms with Gasteiger partial charge in [-0.25, -0.2) is 4.98 Å². The monoisotopic (exact) mass is 424 g/mol. The highest BCUT2D eigenvalue weighted by Gasteiger charge is 2.32. The van der Waals surface area contributed by atoms with E-state index in [1.54, 1.807) is 30.5 Å². The molecule has 0 fully saturated rings. The minimum absolute atomic E-state index is 0.134. The van der Waals surface area contributed by atoms with Gasteiger partial charge < -0.3 is 9.88 Å². The standard InChI is InChI=1S/C21H17ClN4O2S/c1-13-15-5-3-4-6-16(15)20(28)26(13)12-19(27)24-17-11-14(22)7-8-18(17)29-21-23-9-10-25(21)2/h3-11H,1,12H2,2H3,(H,24,27). The van der Waals surface area contributed by atoms with Gasteiger partial charge in [0, 0.05) is 46.2 Å². The van der Waals surface area contributed by atoms with E-state index in [0.717, 1.165) is 15.6 Å². The van der Waals surface area contributed by atoms with Crippen molar-refractivity contribution < 1.29 is 9.59 Å². The van der Waals surface area contributed by atoms with Gasteiger partial charge in [-0.15, -0.1) is 0 Å². The maximum Gasteiger partial charge on any atom is 0.259 e. The number of anilines is 1. The summed E-state index contributed by atoms with van der Waals surface area (Å²) in [6.07, 6.45) is 3.55. The summed E-state index contributed by atoms with van der Waals surface area (Å²) in [5.74, 6) is -0.564. The number of nitrogens with one attached hydrogen (secondary N) is 1. The second kappa shape index (κ2) is 7.77. The molecule has 0 atom stereocenters. The van der Waals surface area contributed by atoms with Crippen molar-refractivity contribution >= 4 is 46.6 Å². The van der Waals surface area contributed by atoms with Crippen molar-refractivity contribution in [2.45, 2.75) is 10.1 Å². The summed E-state index contributed by atoms with van der Waals surface area (Å²) in [5.41, 5.74) is 2.39. The Labute approximate surface area is 177 Å². The van der Waals surface area contributed by atoms with Crippen LogP contribution in [-0.2, 0) is 11.8 Å². The quantitative estimate of drug-likeness (QED) is 0.663. The van der Waals surface area contributed by atoms with Crippen LogP contribution in [0.15, 0.2) is 71.5 Å². The van der Waals surface area contributed by atoms with Crippen LogP contribution in [0.4, 0.5) is 5.69 Å². The van der Waals surface area contributed by atoms with Gasteiger partial charge in [0.2, 0.25) is 5.91 Å². The molecule has 29 heavy (non-hydrogen) atoms. The number of hydrogen-bond donors (Lipinski definition) is 1. The van der Waals surface area contributed by atoms with E-state index in [9.17, 15) is 9.59 Å². The Balaban J connectivity index is 1.52. The van der Waals surface area contributed by atoms with Crippen molar-refractivity contribution in [3.63, 3.8) is 0 Å². The van der Waals surface area contributed by atoms with Crippen molar-refractivity contribution in [2.75, 3.05) is 11.9 Å². The molecule has 1 aliphatic rings. The minimum Gasteiger partial charge on any atom is -0.329 e. The third kappa shape index (κ3) is 3.79. The molecule has 2 aromatic carbocycles. The molecule has 0 saturated heterocycles. The Kier molecular flexibility index (Phi) is 5.17. The molecule has 0 unspecified atom stereocenters. The number of amides is 2. The third-order valence-electron chi connectivity index (χ3n) is 4.53. The molecule has 2 heterocycles. The molecule has 6 nitrogen and oxygen atoms in total. The van der Waals surface area contributed by atoms with Crippen LogP contribution in [0.1, 0.15) is 15.9 Å². The zero-order valence-electron chi connectivity index (χ0n) is 15.6. The molecule has 0 aliphatic carbocycles. The molecule has 4 rings (SSSR count). The number of aryl methyl sites for hydroxylation is 1. The lowest BCUT2D eigenvalue weighted by Crippen LogP contribution is -2.32. The summed E-state index contributed by atoms with van der Waals surface area (Å²) in [7, 11) is 1.89. The number of benzene rings is 2. The number of fused-ring (bicyclic) bond motifs is 1. The van der Waals surface area contributed by atoms with E-state index in [1.165, 1.54) is 16.7 Å². The molecule has 1 aromatic heterocycles. The van der Waals surface area contributed by atoms with Crippen molar-refractivity contribution in [3.8, 4) is 0 Å². The molecular weight excluding hydrogens is 408 g/mol. The number of hydrogen-bond acceptors (Lipinski definition) is 4. The molecule has 0 saturated carbocycles. The Morgan fingerprint density at radius 2 is 2.00 bits per heavy atom. The minimum atomic E-state index is -0.337. The smallest absolute Gasteiger partial charge is 0.259 e. The summed E-state index contributed by atoms with van der Waals surface area (Å²) >= 11 is 7.54. The Morgan fingerprint density at radius 1 is 1.24 bits per heavy atom. The highest BCUT2D eigenvalue weighted by Crippen LogP contribution is 2.35. The zero-order chi connectivity index (χ0) is 20.5. The number of carbonyl (C=O) groups excluding carboxylic acids is 2. The van der Waals surface area contributed by atoms with E-state index < -0.39 is 0 Å². The Morgan fingerprint density at radius 3 is 2.69 bits per heavy atom. The van der Waals surface area contributed by atoms with Gasteiger partial charge in [-0.3, -0.25) is 14.5 Å². The van der Waals surface area contributed by atoms with Gasteiger partial charge in [-0.2, -0.15) is 0 Å². The lowest BCUT2D eigenvalue weighted by Gasteiger charge is -2.18. The van der Waals surface area contributed by atoms with Crippen LogP contribution in [-0.4, -0.2) is 32.8 Å². The van der Waals surface area contributed by atoms with Crippen LogP contribution in [0.3, 0.4) is 0 Å². The Bertz CT molecular complexity index is 1110. The van der Waals surface area contributed by atoms with Crippen LogP contribution in [0.25, 0.3) is 5.70 Å². The summed E-state index contributed by atoms with van der Waals surface area (Å²) in [6.45, 7) is 3.83. The van der Waals surface area contributed by atoms with Gasteiger partial charge >= 0.3 is 0 Å². The van der Waals surface area contributed by atoms with E-state index in [-0.39, 0.29) is 18.4 Å². The van der Waals surface area contributed by atoms with Crippen molar-refractivity contribution in [1.82, 2.24) is 14.5 Å². The van der Waals surface area contributed by atoms with Crippen LogP contribution in [0, 0.1) is 0 Å². The molecule has 8 heteroatoms. The van der Waals surface area contributed by atoms with Gasteiger partial charge in [-0.1, -0.05) is 36.4 Å². The average molecular weight is 425 g/mol. The maximum atomic E-state index is 12.7. The number of rotatable bonds is 5. The van der Waals surface area contributed by atoms with E-state index in [2.05, 4.69) is 16.9 Å². The molecule has 1 aliphatic heterocycles. The third-order valence-corrected chi connectivity index (χ3v) is 5.92. The van der Waals surface area contributed by atoms with Crippen LogP contribution in [0.5, 0.6) is 0 Å². The number of aromatic nitrogens is 2. The first-order chi connectivity index (χ1) is 13.9. The topological polar surface area (TPSA) is 67.2 Å². The van der Waals surface area contributed by atoms with Crippen LogP contribution >= 0.6 is 23.4 Å². The summed E-state index contributed by atoms with van der Waals surface area (Å²) in [4.78, 5) is 31.8. The molecule has 3 aromatic rings. The SMILES string of the molecule is C=C1c2ccccc2C(=O)N1CC(=O)Nc1cc(Cl)ccc1Sc1nccn1C. The van der Waals surface area contributed by atoms with Crippen molar-refractivity contribution in [2.24, 2.45) is 7.05 Å². The molecule has 146 valence electrons. The predicted molar refractivity (Wildman–Crippen MR) is 114 cm³/mol. The van der Waals surface area contributed by atoms with E-state index in [4.69, 9.17) is 11.6 Å². The fourth-order valence-corrected chi connectivity index (χ4v) is 4.12. The molecule has 0 bridgehead atoms. The van der Waals surface area contributed by atoms with Crippen LogP contribution in [0.2, 0.25) is 5.02 Å². The summed E-state index contributed by atoms with van der Waals surface area (Å²) in [5, 5.41) is 4.14. The summed E-state index contributed by atoms with van der Waals surface area (Å²) < 4.78 is 1.88. The fraction of sp³-hybridized carbons (Fsp3) is 0.0952. The molecular formula is C21H17ClN4O2S. The first kappa shape index (κ1) is 19.3. The van der Waals surface area contributed by atoms with E-state index >= 15 is 0 Å². The Hall–Kier alpha value is -3.03. The van der Waals surface area contributed by atoms with Gasteiger partial charge in [0.15, 0.2) is 5.16 Å². The van der Waals surface area contributed by atoms with Gasteiger partial charge in [0.1, 0.15) is 6.54 Å². The van der Waals surface area contributed by atoms with Crippen molar-refractivity contribution in [3.05, 3.63) is 77.6 Å². The first-order valence-electron chi connectivity index (χ1n) is 8.79. The molecule has 0 spiro atoms. The van der Waals surface area contributed by atoms with Gasteiger partial charge in [0.25, 0.3) is 5.91 Å². The molecule has 1 N–H and O–H groups in total. The molecule has 0 radical (unpaired) electrons. The first-order valence-corrected chi connectivity index (χ1v) is 9.98. The number of halogens is 1. The lowest BCUT2D eigenvalue weighted by atomic mass is 10.1. The van der Waals surface area contributed by atoms with Gasteiger partial charge in [0.05, 0.1) is 5.69 Å². The number of carbonyl (C=O) groups is 2. The van der Waals surface area contributed by atoms with E-state index in [1.807, 2.05) is 36.0 Å². The fourth-order valence-electron chi connectivity index (χ4n) is 3.07. The number of imidazole rings is 1. The van der Waals surface area contributed by atoms with Crippen LogP contribution < -0.4 is 5.32 Å². The summed E-state index contributed by atoms with van der Waals surface area (Å²) in [6, 6.07) is 12.5. The van der Waals surface area contributed by atoms with Gasteiger partial charge in [-0.05, 0) is 36.0 Å². The largest absolute Gasteiger partial charge is 0.329 e. The van der Waals surface area contributed by atoms with E-state index in [0.29, 0.717) is 22.0 Å². The maximum absolute atomic E-state index is 12.7. The van der Waals surface area contributed by atoms with Crippen molar-refractivity contribution in [1.29, 1.82) is 0 Å². The highest BCUT2D eigenvalue weighted by molar-refractivity contribution is 7.99. The zero-order valence-corrected chi connectivity index (χ0v) is 17.1. The normalized spacial score (nSPS) is 13.0. The average Bonchev–Trinajstić information content (AvgIpc) is 3.21. The second-order valence-electron chi connectivity index (χ2n) is 6.50. The highest BCUT2D eigenvalue weighted by atomic mass is 35.5. The predicted octanol–water partition coefficient (Wildman–Crippen LogP) is 4.29. The lowest BCUT2D eigenvalue weighted by molar-refractivity contribution is -0.116. The molecule has 2 amide bonds.